The Morgan fingerprint density at radius 1 is 1.77 bits per heavy atom. The van der Waals surface area contributed by atoms with Crippen molar-refractivity contribution >= 4 is 5.91 Å². The molecule has 0 bridgehead atoms. The third-order valence-electron chi connectivity index (χ3n) is 2.34. The Kier molecular flexibility index (Phi) is 4.18. The van der Waals surface area contributed by atoms with Gasteiger partial charge in [-0.2, -0.15) is 0 Å². The maximum atomic E-state index is 11.1. The highest BCUT2D eigenvalue weighted by Crippen LogP contribution is 2.15. The van der Waals surface area contributed by atoms with Gasteiger partial charge in [0, 0.05) is 25.7 Å². The van der Waals surface area contributed by atoms with Crippen molar-refractivity contribution in [3.05, 3.63) is 0 Å². The molecule has 1 amide bonds. The molecule has 0 saturated carbocycles. The Morgan fingerprint density at radius 2 is 2.54 bits per heavy atom. The molecular formula is C9H17NO3. The fourth-order valence-corrected chi connectivity index (χ4v) is 1.49. The number of amides is 1. The zero-order valence-electron chi connectivity index (χ0n) is 8.21. The summed E-state index contributed by atoms with van der Waals surface area (Å²) in [5.74, 6) is 0.405. The number of carbonyl (C=O) groups excluding carboxylic acids is 1. The topological polar surface area (TPSA) is 47.6 Å². The largest absolute Gasteiger partial charge is 0.381 e. The van der Waals surface area contributed by atoms with Gasteiger partial charge in [-0.25, -0.2) is 0 Å². The predicted octanol–water partition coefficient (Wildman–Crippen LogP) is 0.174. The van der Waals surface area contributed by atoms with Gasteiger partial charge in [-0.3, -0.25) is 4.79 Å². The number of hydrogen-bond acceptors (Lipinski definition) is 3. The molecule has 4 heteroatoms. The van der Waals surface area contributed by atoms with E-state index in [-0.39, 0.29) is 18.6 Å². The van der Waals surface area contributed by atoms with Crippen LogP contribution in [0.5, 0.6) is 0 Å². The molecule has 0 radical (unpaired) electrons. The van der Waals surface area contributed by atoms with Crippen LogP contribution < -0.4 is 5.32 Å². The molecule has 1 N–H and O–H groups in total. The van der Waals surface area contributed by atoms with Crippen LogP contribution >= 0.6 is 0 Å². The van der Waals surface area contributed by atoms with Gasteiger partial charge in [0.2, 0.25) is 5.91 Å². The van der Waals surface area contributed by atoms with Crippen molar-refractivity contribution in [2.24, 2.45) is 5.92 Å². The van der Waals surface area contributed by atoms with E-state index in [1.807, 2.05) is 6.92 Å². The molecule has 13 heavy (non-hydrogen) atoms. The van der Waals surface area contributed by atoms with E-state index in [1.165, 1.54) is 7.11 Å². The maximum absolute atomic E-state index is 11.1. The van der Waals surface area contributed by atoms with E-state index in [0.717, 1.165) is 19.6 Å². The Balaban J connectivity index is 2.22. The average Bonchev–Trinajstić information content (AvgIpc) is 2.55. The molecular weight excluding hydrogens is 170 g/mol. The SMILES string of the molecule is COCC(=O)NC(C)C1CCOC1. The summed E-state index contributed by atoms with van der Waals surface area (Å²) in [6.45, 7) is 3.72. The lowest BCUT2D eigenvalue weighted by Gasteiger charge is -2.18. The Morgan fingerprint density at radius 3 is 3.08 bits per heavy atom. The highest BCUT2D eigenvalue weighted by molar-refractivity contribution is 5.77. The van der Waals surface area contributed by atoms with Crippen LogP contribution in [0.25, 0.3) is 0 Å². The molecule has 4 nitrogen and oxygen atoms in total. The number of hydrogen-bond donors (Lipinski definition) is 1. The van der Waals surface area contributed by atoms with Crippen LogP contribution in [0.15, 0.2) is 0 Å². The van der Waals surface area contributed by atoms with Crippen molar-refractivity contribution in [1.29, 1.82) is 0 Å². The first kappa shape index (κ1) is 10.5. The number of ether oxygens (including phenoxy) is 2. The summed E-state index contributed by atoms with van der Waals surface area (Å²) in [5.41, 5.74) is 0. The van der Waals surface area contributed by atoms with Crippen LogP contribution in [-0.2, 0) is 14.3 Å². The predicted molar refractivity (Wildman–Crippen MR) is 48.4 cm³/mol. The molecule has 1 fully saturated rings. The van der Waals surface area contributed by atoms with Crippen LogP contribution in [0.3, 0.4) is 0 Å². The fourth-order valence-electron chi connectivity index (χ4n) is 1.49. The quantitative estimate of drug-likeness (QED) is 0.682. The van der Waals surface area contributed by atoms with Crippen molar-refractivity contribution in [2.75, 3.05) is 26.9 Å². The van der Waals surface area contributed by atoms with Crippen molar-refractivity contribution in [3.8, 4) is 0 Å². The molecule has 0 aromatic rings. The summed E-state index contributed by atoms with van der Waals surface area (Å²) in [6.07, 6.45) is 1.04. The number of methoxy groups -OCH3 is 1. The van der Waals surface area contributed by atoms with Gasteiger partial charge < -0.3 is 14.8 Å². The Bertz CT molecular complexity index is 166. The third-order valence-corrected chi connectivity index (χ3v) is 2.34. The van der Waals surface area contributed by atoms with E-state index < -0.39 is 0 Å². The Hall–Kier alpha value is -0.610. The molecule has 1 aliphatic heterocycles. The van der Waals surface area contributed by atoms with Crippen LogP contribution in [0.1, 0.15) is 13.3 Å². The van der Waals surface area contributed by atoms with E-state index in [0.29, 0.717) is 5.92 Å². The van der Waals surface area contributed by atoms with Crippen molar-refractivity contribution in [1.82, 2.24) is 5.32 Å². The molecule has 0 aliphatic carbocycles. The second-order valence-corrected chi connectivity index (χ2v) is 3.41. The van der Waals surface area contributed by atoms with Crippen molar-refractivity contribution in [2.45, 2.75) is 19.4 Å². The number of carbonyl (C=O) groups is 1. The summed E-state index contributed by atoms with van der Waals surface area (Å²) in [6, 6.07) is 0.185. The molecule has 0 spiro atoms. The van der Waals surface area contributed by atoms with E-state index in [2.05, 4.69) is 5.32 Å². The Labute approximate surface area is 78.6 Å². The van der Waals surface area contributed by atoms with Gasteiger partial charge in [0.25, 0.3) is 0 Å². The van der Waals surface area contributed by atoms with Crippen LogP contribution in [0.4, 0.5) is 0 Å². The van der Waals surface area contributed by atoms with Crippen molar-refractivity contribution in [3.63, 3.8) is 0 Å². The smallest absolute Gasteiger partial charge is 0.246 e. The minimum Gasteiger partial charge on any atom is -0.381 e. The maximum Gasteiger partial charge on any atom is 0.246 e. The summed E-state index contributed by atoms with van der Waals surface area (Å²) in [4.78, 5) is 11.1. The molecule has 1 saturated heterocycles. The minimum atomic E-state index is -0.0538. The zero-order chi connectivity index (χ0) is 9.68. The summed E-state index contributed by atoms with van der Waals surface area (Å²) >= 11 is 0. The lowest BCUT2D eigenvalue weighted by Crippen LogP contribution is -2.40. The number of rotatable bonds is 4. The normalized spacial score (nSPS) is 24.3. The van der Waals surface area contributed by atoms with Crippen LogP contribution in [0, 0.1) is 5.92 Å². The minimum absolute atomic E-state index is 0.0538. The standard InChI is InChI=1S/C9H17NO3/c1-7(8-3-4-13-5-8)10-9(11)6-12-2/h7-8H,3-6H2,1-2H3,(H,10,11). The van der Waals surface area contributed by atoms with Gasteiger partial charge in [-0.05, 0) is 13.3 Å². The lowest BCUT2D eigenvalue weighted by molar-refractivity contribution is -0.125. The van der Waals surface area contributed by atoms with Crippen LogP contribution in [-0.4, -0.2) is 38.9 Å². The first-order valence-electron chi connectivity index (χ1n) is 4.60. The van der Waals surface area contributed by atoms with E-state index >= 15 is 0 Å². The van der Waals surface area contributed by atoms with Crippen molar-refractivity contribution < 1.29 is 14.3 Å². The van der Waals surface area contributed by atoms with E-state index in [4.69, 9.17) is 9.47 Å². The summed E-state index contributed by atoms with van der Waals surface area (Å²) in [7, 11) is 1.52. The van der Waals surface area contributed by atoms with Gasteiger partial charge >= 0.3 is 0 Å². The van der Waals surface area contributed by atoms with Gasteiger partial charge in [-0.15, -0.1) is 0 Å². The summed E-state index contributed by atoms with van der Waals surface area (Å²) in [5, 5.41) is 2.88. The zero-order valence-corrected chi connectivity index (χ0v) is 8.21. The summed E-state index contributed by atoms with van der Waals surface area (Å²) < 4.78 is 9.96. The molecule has 0 aromatic carbocycles. The monoisotopic (exact) mass is 187 g/mol. The molecule has 2 unspecified atom stereocenters. The van der Waals surface area contributed by atoms with E-state index in [1.54, 1.807) is 0 Å². The highest BCUT2D eigenvalue weighted by Gasteiger charge is 2.23. The molecule has 1 aliphatic rings. The first-order chi connectivity index (χ1) is 6.24. The highest BCUT2D eigenvalue weighted by atomic mass is 16.5. The molecule has 76 valence electrons. The molecule has 1 heterocycles. The molecule has 1 rings (SSSR count). The average molecular weight is 187 g/mol. The number of nitrogens with one attached hydrogen (secondary N) is 1. The molecule has 0 aromatic heterocycles. The van der Waals surface area contributed by atoms with Gasteiger partial charge in [0.1, 0.15) is 6.61 Å². The van der Waals surface area contributed by atoms with Gasteiger partial charge in [0.15, 0.2) is 0 Å². The second kappa shape index (κ2) is 5.19. The third kappa shape index (κ3) is 3.32. The van der Waals surface area contributed by atoms with Gasteiger partial charge in [0.05, 0.1) is 6.61 Å². The van der Waals surface area contributed by atoms with E-state index in [9.17, 15) is 4.79 Å². The lowest BCUT2D eigenvalue weighted by atomic mass is 10.0. The fraction of sp³-hybridized carbons (Fsp3) is 0.889. The molecule has 2 atom stereocenters. The first-order valence-corrected chi connectivity index (χ1v) is 4.60. The van der Waals surface area contributed by atoms with Crippen LogP contribution in [0.2, 0.25) is 0 Å². The van der Waals surface area contributed by atoms with Gasteiger partial charge in [-0.1, -0.05) is 0 Å². The second-order valence-electron chi connectivity index (χ2n) is 3.41.